The first-order chi connectivity index (χ1) is 13.0. The van der Waals surface area contributed by atoms with Gasteiger partial charge in [0.05, 0.1) is 6.54 Å². The highest BCUT2D eigenvalue weighted by Crippen LogP contribution is 2.16. The van der Waals surface area contributed by atoms with Crippen LogP contribution in [0.4, 0.5) is 0 Å². The van der Waals surface area contributed by atoms with Crippen LogP contribution in [-0.2, 0) is 24.4 Å². The maximum atomic E-state index is 12.7. The number of hydrogen-bond donors (Lipinski definition) is 0. The third-order valence-electron chi connectivity index (χ3n) is 4.62. The largest absolute Gasteiger partial charge is 0.345 e. The molecule has 2 aromatic carbocycles. The highest BCUT2D eigenvalue weighted by atomic mass is 35.5. The van der Waals surface area contributed by atoms with Gasteiger partial charge in [-0.05, 0) is 37.1 Å². The van der Waals surface area contributed by atoms with Crippen LogP contribution in [0.3, 0.4) is 0 Å². The van der Waals surface area contributed by atoms with E-state index in [1.165, 1.54) is 11.1 Å². The van der Waals surface area contributed by atoms with E-state index in [0.29, 0.717) is 13.1 Å². The Bertz CT molecular complexity index is 869. The molecule has 0 N–H and O–H groups in total. The van der Waals surface area contributed by atoms with E-state index in [2.05, 4.69) is 48.0 Å². The highest BCUT2D eigenvalue weighted by Gasteiger charge is 2.20. The van der Waals surface area contributed by atoms with Crippen molar-refractivity contribution in [2.24, 2.45) is 0 Å². The average Bonchev–Trinajstić information content (AvgIpc) is 3.10. The molecule has 1 amide bonds. The van der Waals surface area contributed by atoms with Crippen LogP contribution in [0.5, 0.6) is 0 Å². The normalized spacial score (nSPS) is 12.0. The fourth-order valence-corrected chi connectivity index (χ4v) is 3.24. The van der Waals surface area contributed by atoms with Crippen molar-refractivity contribution in [2.45, 2.75) is 38.9 Å². The zero-order valence-electron chi connectivity index (χ0n) is 15.8. The smallest absolute Gasteiger partial charge is 0.240 e. The van der Waals surface area contributed by atoms with Gasteiger partial charge in [-0.3, -0.25) is 4.79 Å². The molecule has 3 aromatic rings. The SMILES string of the molecule is Cc1ccc(Cn2cccc2CN(Cc2ccccc2)C(=O)C(C)Cl)cc1. The molecule has 1 aromatic heterocycles. The minimum Gasteiger partial charge on any atom is -0.345 e. The molecule has 3 nitrogen and oxygen atoms in total. The minimum atomic E-state index is -0.547. The third kappa shape index (κ3) is 5.24. The van der Waals surface area contributed by atoms with Gasteiger partial charge in [-0.25, -0.2) is 0 Å². The van der Waals surface area contributed by atoms with E-state index in [-0.39, 0.29) is 5.91 Å². The van der Waals surface area contributed by atoms with Crippen molar-refractivity contribution < 1.29 is 4.79 Å². The van der Waals surface area contributed by atoms with E-state index >= 15 is 0 Å². The Labute approximate surface area is 166 Å². The minimum absolute atomic E-state index is 0.0522. The van der Waals surface area contributed by atoms with Gasteiger partial charge >= 0.3 is 0 Å². The fourth-order valence-electron chi connectivity index (χ4n) is 3.10. The van der Waals surface area contributed by atoms with Crippen molar-refractivity contribution in [3.8, 4) is 0 Å². The summed E-state index contributed by atoms with van der Waals surface area (Å²) in [6.07, 6.45) is 2.06. The first-order valence-corrected chi connectivity index (χ1v) is 9.63. The van der Waals surface area contributed by atoms with E-state index in [0.717, 1.165) is 17.8 Å². The maximum absolute atomic E-state index is 12.7. The quantitative estimate of drug-likeness (QED) is 0.529. The Hall–Kier alpha value is -2.52. The van der Waals surface area contributed by atoms with E-state index in [1.54, 1.807) is 6.92 Å². The third-order valence-corrected chi connectivity index (χ3v) is 4.80. The number of alkyl halides is 1. The molecule has 140 valence electrons. The van der Waals surface area contributed by atoms with Crippen LogP contribution in [0.25, 0.3) is 0 Å². The molecule has 0 saturated carbocycles. The van der Waals surface area contributed by atoms with Crippen molar-refractivity contribution in [1.82, 2.24) is 9.47 Å². The van der Waals surface area contributed by atoms with Gasteiger partial charge in [0, 0.05) is 25.0 Å². The van der Waals surface area contributed by atoms with Gasteiger partial charge in [0.25, 0.3) is 0 Å². The van der Waals surface area contributed by atoms with Gasteiger partial charge in [-0.2, -0.15) is 0 Å². The number of nitrogens with zero attached hydrogens (tertiary/aromatic N) is 2. The number of aryl methyl sites for hydroxylation is 1. The second-order valence-electron chi connectivity index (χ2n) is 6.91. The Morgan fingerprint density at radius 3 is 2.33 bits per heavy atom. The molecule has 0 aliphatic carbocycles. The van der Waals surface area contributed by atoms with Crippen LogP contribution < -0.4 is 0 Å². The van der Waals surface area contributed by atoms with E-state index in [4.69, 9.17) is 11.6 Å². The van der Waals surface area contributed by atoms with Crippen LogP contribution in [0.1, 0.15) is 29.3 Å². The van der Waals surface area contributed by atoms with Crippen molar-refractivity contribution in [2.75, 3.05) is 0 Å². The number of aromatic nitrogens is 1. The predicted molar refractivity (Wildman–Crippen MR) is 111 cm³/mol. The molecule has 0 fully saturated rings. The molecule has 1 atom stereocenters. The van der Waals surface area contributed by atoms with Crippen molar-refractivity contribution in [1.29, 1.82) is 0 Å². The lowest BCUT2D eigenvalue weighted by Gasteiger charge is -2.25. The van der Waals surface area contributed by atoms with E-state index in [1.807, 2.05) is 41.3 Å². The molecule has 0 aliphatic heterocycles. The van der Waals surface area contributed by atoms with Gasteiger partial charge in [-0.1, -0.05) is 60.2 Å². The summed E-state index contributed by atoms with van der Waals surface area (Å²) in [7, 11) is 0. The summed E-state index contributed by atoms with van der Waals surface area (Å²) < 4.78 is 2.19. The molecule has 0 aliphatic rings. The van der Waals surface area contributed by atoms with Crippen LogP contribution in [0.15, 0.2) is 72.9 Å². The molecule has 27 heavy (non-hydrogen) atoms. The van der Waals surface area contributed by atoms with Crippen molar-refractivity contribution in [3.05, 3.63) is 95.3 Å². The maximum Gasteiger partial charge on any atom is 0.240 e. The number of carbonyl (C=O) groups excluding carboxylic acids is 1. The molecular weight excluding hydrogens is 356 g/mol. The summed E-state index contributed by atoms with van der Waals surface area (Å²) in [6.45, 7) is 5.68. The monoisotopic (exact) mass is 380 g/mol. The number of hydrogen-bond acceptors (Lipinski definition) is 1. The zero-order valence-corrected chi connectivity index (χ0v) is 16.6. The molecule has 0 bridgehead atoms. The molecule has 3 rings (SSSR count). The molecule has 1 unspecified atom stereocenters. The topological polar surface area (TPSA) is 25.2 Å². The van der Waals surface area contributed by atoms with Crippen LogP contribution >= 0.6 is 11.6 Å². The highest BCUT2D eigenvalue weighted by molar-refractivity contribution is 6.30. The fraction of sp³-hybridized carbons (Fsp3) is 0.261. The number of benzene rings is 2. The van der Waals surface area contributed by atoms with E-state index in [9.17, 15) is 4.79 Å². The van der Waals surface area contributed by atoms with Gasteiger partial charge in [0.2, 0.25) is 5.91 Å². The van der Waals surface area contributed by atoms with Crippen molar-refractivity contribution in [3.63, 3.8) is 0 Å². The Morgan fingerprint density at radius 1 is 0.963 bits per heavy atom. The summed E-state index contributed by atoms with van der Waals surface area (Å²) in [6, 6.07) is 22.7. The lowest BCUT2D eigenvalue weighted by molar-refractivity contribution is -0.131. The van der Waals surface area contributed by atoms with Gasteiger partial charge in [-0.15, -0.1) is 11.6 Å². The first kappa shape index (κ1) is 19.2. The van der Waals surface area contributed by atoms with Crippen LogP contribution in [0, 0.1) is 6.92 Å². The van der Waals surface area contributed by atoms with Gasteiger partial charge < -0.3 is 9.47 Å². The number of rotatable bonds is 7. The molecule has 1 heterocycles. The number of carbonyl (C=O) groups is 1. The lowest BCUT2D eigenvalue weighted by atomic mass is 10.1. The summed E-state index contributed by atoms with van der Waals surface area (Å²) in [4.78, 5) is 14.5. The molecular formula is C23H25ClN2O. The average molecular weight is 381 g/mol. The van der Waals surface area contributed by atoms with Crippen LogP contribution in [-0.4, -0.2) is 20.8 Å². The summed E-state index contributed by atoms with van der Waals surface area (Å²) >= 11 is 6.12. The van der Waals surface area contributed by atoms with Gasteiger partial charge in [0.15, 0.2) is 0 Å². The first-order valence-electron chi connectivity index (χ1n) is 9.19. The van der Waals surface area contributed by atoms with E-state index < -0.39 is 5.38 Å². The Morgan fingerprint density at radius 2 is 1.67 bits per heavy atom. The lowest BCUT2D eigenvalue weighted by Crippen LogP contribution is -2.35. The van der Waals surface area contributed by atoms with Crippen LogP contribution in [0.2, 0.25) is 0 Å². The summed E-state index contributed by atoms with van der Waals surface area (Å²) in [5, 5.41) is -0.547. The zero-order chi connectivity index (χ0) is 19.2. The summed E-state index contributed by atoms with van der Waals surface area (Å²) in [5.74, 6) is -0.0522. The Kier molecular flexibility index (Phi) is 6.36. The van der Waals surface area contributed by atoms with Gasteiger partial charge in [0.1, 0.15) is 5.38 Å². The second-order valence-corrected chi connectivity index (χ2v) is 7.56. The molecule has 0 spiro atoms. The number of halogens is 1. The van der Waals surface area contributed by atoms with Crippen molar-refractivity contribution >= 4 is 17.5 Å². The summed E-state index contributed by atoms with van der Waals surface area (Å²) in [5.41, 5.74) is 4.68. The predicted octanol–water partition coefficient (Wildman–Crippen LogP) is 5.00. The number of amides is 1. The molecule has 0 saturated heterocycles. The molecule has 0 radical (unpaired) electrons. The second kappa shape index (κ2) is 8.92. The Balaban J connectivity index is 1.78. The standard InChI is InChI=1S/C23H25ClN2O/c1-18-10-12-21(13-11-18)15-25-14-6-9-22(25)17-26(23(27)19(2)24)16-20-7-4-3-5-8-20/h3-14,19H,15-17H2,1-2H3. The molecule has 4 heteroatoms.